The molecular formula is C24H30N2O4S2. The lowest BCUT2D eigenvalue weighted by Crippen LogP contribution is -2.41. The molecule has 0 aliphatic heterocycles. The standard InChI is InChI=1S/C24H30N2O4S2/c1-3-30-23-12-8-7-11-22(23)26(18-24(27)25-17-19-9-5-4-6-10-19)32(28,29)21-15-13-20(31-2)14-16-21/h7-9,11-16H,3-6,10,17-18H2,1-2H3,(H,25,27). The van der Waals surface area contributed by atoms with Gasteiger partial charge in [0.1, 0.15) is 12.3 Å². The van der Waals surface area contributed by atoms with Gasteiger partial charge >= 0.3 is 0 Å². The minimum Gasteiger partial charge on any atom is -0.492 e. The average Bonchev–Trinajstić information content (AvgIpc) is 2.82. The van der Waals surface area contributed by atoms with Gasteiger partial charge in [-0.15, -0.1) is 11.8 Å². The molecule has 1 aliphatic carbocycles. The molecule has 172 valence electrons. The van der Waals surface area contributed by atoms with Crippen molar-refractivity contribution in [1.82, 2.24) is 5.32 Å². The Labute approximate surface area is 195 Å². The highest BCUT2D eigenvalue weighted by Gasteiger charge is 2.29. The Morgan fingerprint density at radius 1 is 1.12 bits per heavy atom. The first kappa shape index (κ1) is 24.2. The summed E-state index contributed by atoms with van der Waals surface area (Å²) in [4.78, 5) is 13.9. The molecule has 1 amide bonds. The highest BCUT2D eigenvalue weighted by atomic mass is 32.2. The van der Waals surface area contributed by atoms with Crippen LogP contribution in [0.3, 0.4) is 0 Å². The van der Waals surface area contributed by atoms with Gasteiger partial charge in [0.15, 0.2) is 0 Å². The monoisotopic (exact) mass is 474 g/mol. The summed E-state index contributed by atoms with van der Waals surface area (Å²) in [5.74, 6) is 0.0641. The number of amides is 1. The molecule has 6 nitrogen and oxygen atoms in total. The summed E-state index contributed by atoms with van der Waals surface area (Å²) in [6.07, 6.45) is 8.38. The van der Waals surface area contributed by atoms with Gasteiger partial charge in [0.05, 0.1) is 17.2 Å². The number of nitrogens with zero attached hydrogens (tertiary/aromatic N) is 1. The van der Waals surface area contributed by atoms with Gasteiger partial charge in [-0.3, -0.25) is 9.10 Å². The van der Waals surface area contributed by atoms with E-state index in [-0.39, 0.29) is 17.3 Å². The number of hydrogen-bond donors (Lipinski definition) is 1. The number of allylic oxidation sites excluding steroid dienone is 1. The predicted octanol–water partition coefficient (Wildman–Crippen LogP) is 4.62. The molecule has 8 heteroatoms. The van der Waals surface area contributed by atoms with Gasteiger partial charge < -0.3 is 10.1 Å². The summed E-state index contributed by atoms with van der Waals surface area (Å²) in [7, 11) is -3.99. The molecule has 0 unspecified atom stereocenters. The maximum Gasteiger partial charge on any atom is 0.264 e. The van der Waals surface area contributed by atoms with Crippen molar-refractivity contribution in [2.24, 2.45) is 0 Å². The number of thioether (sulfide) groups is 1. The number of carbonyl (C=O) groups is 1. The van der Waals surface area contributed by atoms with E-state index < -0.39 is 10.0 Å². The van der Waals surface area contributed by atoms with Crippen LogP contribution in [0.4, 0.5) is 5.69 Å². The third-order valence-electron chi connectivity index (χ3n) is 5.27. The molecular weight excluding hydrogens is 444 g/mol. The number of hydrogen-bond acceptors (Lipinski definition) is 5. The fraction of sp³-hybridized carbons (Fsp3) is 0.375. The number of carbonyl (C=O) groups excluding carboxylic acids is 1. The second-order valence-corrected chi connectivity index (χ2v) is 10.2. The van der Waals surface area contributed by atoms with Gasteiger partial charge in [0, 0.05) is 11.4 Å². The smallest absolute Gasteiger partial charge is 0.264 e. The zero-order valence-electron chi connectivity index (χ0n) is 18.5. The fourth-order valence-corrected chi connectivity index (χ4v) is 5.42. The second kappa shape index (κ2) is 11.4. The first-order chi connectivity index (χ1) is 15.5. The summed E-state index contributed by atoms with van der Waals surface area (Å²) in [5.41, 5.74) is 1.54. The predicted molar refractivity (Wildman–Crippen MR) is 130 cm³/mol. The lowest BCUT2D eigenvalue weighted by atomic mass is 10.00. The Morgan fingerprint density at radius 3 is 2.53 bits per heavy atom. The SMILES string of the molecule is CCOc1ccccc1N(CC(=O)NCC1=CCCCC1)S(=O)(=O)c1ccc(SC)cc1. The molecule has 1 aliphatic rings. The highest BCUT2D eigenvalue weighted by molar-refractivity contribution is 7.98. The number of para-hydroxylation sites is 2. The molecule has 0 fully saturated rings. The van der Waals surface area contributed by atoms with E-state index in [9.17, 15) is 13.2 Å². The third kappa shape index (κ3) is 6.07. The fourth-order valence-electron chi connectivity index (χ4n) is 3.58. The van der Waals surface area contributed by atoms with Crippen molar-refractivity contribution in [2.45, 2.75) is 42.4 Å². The van der Waals surface area contributed by atoms with Crippen LogP contribution in [0, 0.1) is 0 Å². The van der Waals surface area contributed by atoms with Crippen LogP contribution in [0.1, 0.15) is 32.6 Å². The average molecular weight is 475 g/mol. The lowest BCUT2D eigenvalue weighted by Gasteiger charge is -2.26. The zero-order chi connectivity index (χ0) is 23.0. The van der Waals surface area contributed by atoms with E-state index in [0.29, 0.717) is 24.6 Å². The maximum atomic E-state index is 13.6. The highest BCUT2D eigenvalue weighted by Crippen LogP contribution is 2.33. The number of ether oxygens (including phenoxy) is 1. The Balaban J connectivity index is 1.90. The minimum absolute atomic E-state index is 0.129. The minimum atomic E-state index is -3.99. The van der Waals surface area contributed by atoms with Crippen LogP contribution in [0.2, 0.25) is 0 Å². The van der Waals surface area contributed by atoms with Crippen molar-refractivity contribution < 1.29 is 17.9 Å². The second-order valence-electron chi connectivity index (χ2n) is 7.47. The van der Waals surface area contributed by atoms with Crippen molar-refractivity contribution in [2.75, 3.05) is 30.3 Å². The van der Waals surface area contributed by atoms with Crippen LogP contribution < -0.4 is 14.4 Å². The maximum absolute atomic E-state index is 13.6. The van der Waals surface area contributed by atoms with Crippen LogP contribution >= 0.6 is 11.8 Å². The quantitative estimate of drug-likeness (QED) is 0.402. The molecule has 0 radical (unpaired) electrons. The van der Waals surface area contributed by atoms with Crippen molar-refractivity contribution in [3.63, 3.8) is 0 Å². The number of nitrogens with one attached hydrogen (secondary N) is 1. The van der Waals surface area contributed by atoms with Crippen LogP contribution in [0.5, 0.6) is 5.75 Å². The molecule has 3 rings (SSSR count). The lowest BCUT2D eigenvalue weighted by molar-refractivity contribution is -0.119. The van der Waals surface area contributed by atoms with Crippen LogP contribution in [-0.2, 0) is 14.8 Å². The zero-order valence-corrected chi connectivity index (χ0v) is 20.2. The van der Waals surface area contributed by atoms with Crippen molar-refractivity contribution >= 4 is 33.4 Å². The first-order valence-electron chi connectivity index (χ1n) is 10.8. The van der Waals surface area contributed by atoms with Crippen LogP contribution in [0.25, 0.3) is 0 Å². The molecule has 0 bridgehead atoms. The first-order valence-corrected chi connectivity index (χ1v) is 13.5. The normalized spacial score (nSPS) is 13.9. The molecule has 0 heterocycles. The van der Waals surface area contributed by atoms with E-state index >= 15 is 0 Å². The summed E-state index contributed by atoms with van der Waals surface area (Å²) in [5, 5.41) is 2.89. The van der Waals surface area contributed by atoms with E-state index in [1.807, 2.05) is 13.2 Å². The Hall–Kier alpha value is -2.45. The molecule has 2 aromatic rings. The molecule has 0 spiro atoms. The summed E-state index contributed by atoms with van der Waals surface area (Å²) < 4.78 is 34.0. The van der Waals surface area contributed by atoms with Crippen LogP contribution in [0.15, 0.2) is 70.0 Å². The molecule has 1 N–H and O–H groups in total. The number of sulfonamides is 1. The molecule has 0 saturated heterocycles. The van der Waals surface area contributed by atoms with Gasteiger partial charge in [-0.25, -0.2) is 8.42 Å². The molecule has 0 saturated carbocycles. The topological polar surface area (TPSA) is 75.7 Å². The van der Waals surface area contributed by atoms with Crippen LogP contribution in [-0.4, -0.2) is 40.3 Å². The van der Waals surface area contributed by atoms with Gasteiger partial charge in [-0.05, 0) is 75.3 Å². The van der Waals surface area contributed by atoms with E-state index in [4.69, 9.17) is 4.74 Å². The third-order valence-corrected chi connectivity index (χ3v) is 7.78. The summed E-state index contributed by atoms with van der Waals surface area (Å²) in [6, 6.07) is 13.6. The van der Waals surface area contributed by atoms with Crippen molar-refractivity contribution in [3.05, 3.63) is 60.2 Å². The van der Waals surface area contributed by atoms with Crippen molar-refractivity contribution in [3.8, 4) is 5.75 Å². The molecule has 0 aromatic heterocycles. The summed E-state index contributed by atoms with van der Waals surface area (Å²) >= 11 is 1.53. The van der Waals surface area contributed by atoms with Gasteiger partial charge in [-0.1, -0.05) is 23.8 Å². The number of benzene rings is 2. The number of anilines is 1. The van der Waals surface area contributed by atoms with E-state index in [0.717, 1.165) is 28.5 Å². The van der Waals surface area contributed by atoms with E-state index in [1.54, 1.807) is 48.5 Å². The Morgan fingerprint density at radius 2 is 1.88 bits per heavy atom. The van der Waals surface area contributed by atoms with E-state index in [2.05, 4.69) is 11.4 Å². The largest absolute Gasteiger partial charge is 0.492 e. The van der Waals surface area contributed by atoms with Crippen molar-refractivity contribution in [1.29, 1.82) is 0 Å². The Kier molecular flexibility index (Phi) is 8.64. The Bertz CT molecular complexity index is 1050. The summed E-state index contributed by atoms with van der Waals surface area (Å²) in [6.45, 7) is 2.33. The molecule has 2 aromatic carbocycles. The van der Waals surface area contributed by atoms with Gasteiger partial charge in [0.2, 0.25) is 5.91 Å². The van der Waals surface area contributed by atoms with Gasteiger partial charge in [0.25, 0.3) is 10.0 Å². The van der Waals surface area contributed by atoms with E-state index in [1.165, 1.54) is 23.8 Å². The molecule has 32 heavy (non-hydrogen) atoms. The van der Waals surface area contributed by atoms with Gasteiger partial charge in [-0.2, -0.15) is 0 Å². The molecule has 0 atom stereocenters. The number of rotatable bonds is 10.